The molecule has 1 amide bonds. The van der Waals surface area contributed by atoms with Gasteiger partial charge in [-0.25, -0.2) is 8.42 Å². The average molecular weight is 346 g/mol. The number of hydrogen-bond donors (Lipinski definition) is 1. The van der Waals surface area contributed by atoms with Gasteiger partial charge >= 0.3 is 5.97 Å². The number of aliphatic carboxylic acids is 1. The number of rotatable bonds is 5. The Kier molecular flexibility index (Phi) is 5.08. The van der Waals surface area contributed by atoms with Crippen molar-refractivity contribution in [1.29, 1.82) is 0 Å². The molecule has 0 radical (unpaired) electrons. The van der Waals surface area contributed by atoms with E-state index in [4.69, 9.17) is 16.7 Å². The monoisotopic (exact) mass is 345 g/mol. The van der Waals surface area contributed by atoms with Gasteiger partial charge in [-0.1, -0.05) is 23.7 Å². The Bertz CT molecular complexity index is 671. The van der Waals surface area contributed by atoms with E-state index in [9.17, 15) is 18.0 Å². The van der Waals surface area contributed by atoms with Crippen molar-refractivity contribution in [3.8, 4) is 0 Å². The minimum atomic E-state index is -3.19. The van der Waals surface area contributed by atoms with Crippen LogP contribution >= 0.6 is 11.6 Å². The Balaban J connectivity index is 2.13. The van der Waals surface area contributed by atoms with Gasteiger partial charge in [0.1, 0.15) is 6.54 Å². The van der Waals surface area contributed by atoms with Crippen molar-refractivity contribution >= 4 is 33.3 Å². The third kappa shape index (κ3) is 4.45. The highest BCUT2D eigenvalue weighted by Gasteiger charge is 2.35. The van der Waals surface area contributed by atoms with Crippen LogP contribution in [-0.2, 0) is 26.0 Å². The maximum atomic E-state index is 12.4. The number of carboxylic acids is 1. The highest BCUT2D eigenvalue weighted by Crippen LogP contribution is 2.22. The first-order valence-corrected chi connectivity index (χ1v) is 8.92. The number of benzene rings is 1. The third-order valence-electron chi connectivity index (χ3n) is 3.51. The molecule has 6 nitrogen and oxygen atoms in total. The summed E-state index contributed by atoms with van der Waals surface area (Å²) in [5.41, 5.74) is 0.736. The largest absolute Gasteiger partial charge is 0.480 e. The second kappa shape index (κ2) is 6.66. The van der Waals surface area contributed by atoms with Crippen LogP contribution in [0.15, 0.2) is 24.3 Å². The zero-order valence-corrected chi connectivity index (χ0v) is 13.3. The van der Waals surface area contributed by atoms with Crippen molar-refractivity contribution in [3.05, 3.63) is 34.9 Å². The number of sulfone groups is 1. The lowest BCUT2D eigenvalue weighted by Crippen LogP contribution is -2.39. The molecular formula is C14H16ClNO5S. The van der Waals surface area contributed by atoms with Crippen LogP contribution in [0.2, 0.25) is 5.02 Å². The van der Waals surface area contributed by atoms with Gasteiger partial charge in [0.05, 0.1) is 17.4 Å². The highest BCUT2D eigenvalue weighted by molar-refractivity contribution is 7.91. The lowest BCUT2D eigenvalue weighted by atomic mass is 10.1. The molecule has 120 valence electrons. The summed E-state index contributed by atoms with van der Waals surface area (Å²) in [7, 11) is -3.19. The van der Waals surface area contributed by atoms with Gasteiger partial charge in [0.15, 0.2) is 9.84 Å². The molecule has 22 heavy (non-hydrogen) atoms. The normalized spacial score (nSPS) is 19.8. The summed E-state index contributed by atoms with van der Waals surface area (Å²) in [6.07, 6.45) is 0.248. The number of carboxylic acid groups (broad SMARTS) is 1. The molecule has 1 heterocycles. The summed E-state index contributed by atoms with van der Waals surface area (Å²) in [6.45, 7) is -0.350. The molecule has 1 aromatic rings. The van der Waals surface area contributed by atoms with Crippen molar-refractivity contribution in [1.82, 2.24) is 4.90 Å². The molecule has 0 spiro atoms. The van der Waals surface area contributed by atoms with Gasteiger partial charge in [0.2, 0.25) is 5.91 Å². The smallest absolute Gasteiger partial charge is 0.323 e. The molecule has 0 saturated carbocycles. The van der Waals surface area contributed by atoms with Gasteiger partial charge in [0, 0.05) is 11.6 Å². The van der Waals surface area contributed by atoms with E-state index in [0.29, 0.717) is 5.02 Å². The summed E-state index contributed by atoms with van der Waals surface area (Å²) in [4.78, 5) is 24.6. The molecule has 1 fully saturated rings. The van der Waals surface area contributed by atoms with Gasteiger partial charge in [-0.2, -0.15) is 0 Å². The predicted molar refractivity (Wildman–Crippen MR) is 81.3 cm³/mol. The quantitative estimate of drug-likeness (QED) is 0.865. The van der Waals surface area contributed by atoms with Crippen molar-refractivity contribution in [2.45, 2.75) is 13.0 Å². The lowest BCUT2D eigenvalue weighted by molar-refractivity contribution is -0.146. The Morgan fingerprint density at radius 3 is 2.41 bits per heavy atom. The standard InChI is InChI=1S/C14H16ClNO5S/c15-12-3-1-10(2-4-12)7-16(8-13(17)18)14(19)11-5-6-22(20,21)9-11/h1-4,11H,5-9H2,(H,17,18). The molecule has 1 saturated heterocycles. The Hall–Kier alpha value is -1.60. The van der Waals surface area contributed by atoms with Gasteiger partial charge in [-0.15, -0.1) is 0 Å². The molecule has 8 heteroatoms. The summed E-state index contributed by atoms with van der Waals surface area (Å²) in [6, 6.07) is 6.71. The van der Waals surface area contributed by atoms with Crippen molar-refractivity contribution in [2.75, 3.05) is 18.1 Å². The van der Waals surface area contributed by atoms with Crippen LogP contribution < -0.4 is 0 Å². The van der Waals surface area contributed by atoms with E-state index in [0.717, 1.165) is 5.56 Å². The number of carbonyl (C=O) groups is 2. The van der Waals surface area contributed by atoms with Crippen molar-refractivity contribution < 1.29 is 23.1 Å². The molecule has 0 aromatic heterocycles. The van der Waals surface area contributed by atoms with Crippen LogP contribution in [-0.4, -0.2) is 48.4 Å². The topological polar surface area (TPSA) is 91.8 Å². The molecule has 2 rings (SSSR count). The Morgan fingerprint density at radius 1 is 1.27 bits per heavy atom. The fourth-order valence-corrected chi connectivity index (χ4v) is 4.29. The fourth-order valence-electron chi connectivity index (χ4n) is 2.43. The number of hydrogen-bond acceptors (Lipinski definition) is 4. The molecule has 0 aliphatic carbocycles. The van der Waals surface area contributed by atoms with E-state index in [2.05, 4.69) is 0 Å². The third-order valence-corrected chi connectivity index (χ3v) is 5.53. The number of carbonyl (C=O) groups excluding carboxylic acids is 1. The summed E-state index contributed by atoms with van der Waals surface area (Å²) in [5, 5.41) is 9.51. The molecule has 1 N–H and O–H groups in total. The van der Waals surface area contributed by atoms with Gasteiger partial charge in [0.25, 0.3) is 0 Å². The number of amides is 1. The zero-order valence-electron chi connectivity index (χ0n) is 11.7. The molecular weight excluding hydrogens is 330 g/mol. The Morgan fingerprint density at radius 2 is 1.91 bits per heavy atom. The van der Waals surface area contributed by atoms with E-state index >= 15 is 0 Å². The average Bonchev–Trinajstić information content (AvgIpc) is 2.79. The van der Waals surface area contributed by atoms with Gasteiger partial charge in [-0.3, -0.25) is 9.59 Å². The summed E-state index contributed by atoms with van der Waals surface area (Å²) >= 11 is 5.79. The second-order valence-electron chi connectivity index (χ2n) is 5.31. The van der Waals surface area contributed by atoms with Crippen LogP contribution in [0.1, 0.15) is 12.0 Å². The number of halogens is 1. The van der Waals surface area contributed by atoms with Crippen LogP contribution in [0, 0.1) is 5.92 Å². The minimum Gasteiger partial charge on any atom is -0.480 e. The first-order valence-electron chi connectivity index (χ1n) is 6.72. The molecule has 1 unspecified atom stereocenters. The Labute approximate surface area is 133 Å². The molecule has 0 bridgehead atoms. The maximum Gasteiger partial charge on any atom is 0.323 e. The maximum absolute atomic E-state index is 12.4. The van der Waals surface area contributed by atoms with E-state index in [1.165, 1.54) is 4.90 Å². The zero-order chi connectivity index (χ0) is 16.3. The van der Waals surface area contributed by atoms with Crippen LogP contribution in [0.25, 0.3) is 0 Å². The SMILES string of the molecule is O=C(O)CN(Cc1ccc(Cl)cc1)C(=O)C1CCS(=O)(=O)C1. The van der Waals surface area contributed by atoms with E-state index in [-0.39, 0.29) is 24.5 Å². The van der Waals surface area contributed by atoms with Crippen LogP contribution in [0.5, 0.6) is 0 Å². The first kappa shape index (κ1) is 16.8. The molecule has 1 aliphatic rings. The lowest BCUT2D eigenvalue weighted by Gasteiger charge is -2.23. The molecule has 1 aliphatic heterocycles. The molecule has 1 aromatic carbocycles. The summed E-state index contributed by atoms with van der Waals surface area (Å²) < 4.78 is 23.0. The number of nitrogens with zero attached hydrogens (tertiary/aromatic N) is 1. The highest BCUT2D eigenvalue weighted by atomic mass is 35.5. The first-order chi connectivity index (χ1) is 10.3. The summed E-state index contributed by atoms with van der Waals surface area (Å²) in [5.74, 6) is -2.45. The predicted octanol–water partition coefficient (Wildman–Crippen LogP) is 1.19. The second-order valence-corrected chi connectivity index (χ2v) is 7.98. The fraction of sp³-hybridized carbons (Fsp3) is 0.429. The minimum absolute atomic E-state index is 0.0226. The van der Waals surface area contributed by atoms with E-state index in [1.807, 2.05) is 0 Å². The van der Waals surface area contributed by atoms with Crippen LogP contribution in [0.3, 0.4) is 0 Å². The van der Waals surface area contributed by atoms with Gasteiger partial charge < -0.3 is 10.0 Å². The molecule has 1 atom stereocenters. The van der Waals surface area contributed by atoms with Crippen molar-refractivity contribution in [3.63, 3.8) is 0 Å². The van der Waals surface area contributed by atoms with Crippen molar-refractivity contribution in [2.24, 2.45) is 5.92 Å². The van der Waals surface area contributed by atoms with E-state index < -0.39 is 34.2 Å². The van der Waals surface area contributed by atoms with E-state index in [1.54, 1.807) is 24.3 Å². The van der Waals surface area contributed by atoms with Gasteiger partial charge in [-0.05, 0) is 24.1 Å². The van der Waals surface area contributed by atoms with Crippen LogP contribution in [0.4, 0.5) is 0 Å².